The molecule has 1 heterocycles. The minimum Gasteiger partial charge on any atom is -0.271 e. The van der Waals surface area contributed by atoms with Crippen LogP contribution >= 0.6 is 0 Å². The molecule has 3 amide bonds. The fourth-order valence-corrected chi connectivity index (χ4v) is 0.613. The van der Waals surface area contributed by atoms with Crippen molar-refractivity contribution in [1.82, 2.24) is 16.0 Å². The van der Waals surface area contributed by atoms with Crippen molar-refractivity contribution in [2.24, 2.45) is 4.36 Å². The summed E-state index contributed by atoms with van der Waals surface area (Å²) in [5.74, 6) is -0.390. The van der Waals surface area contributed by atoms with E-state index in [1.807, 2.05) is 0 Å². The molecule has 10 heavy (non-hydrogen) atoms. The first-order chi connectivity index (χ1) is 4.75. The zero-order valence-electron chi connectivity index (χ0n) is 4.83. The smallest absolute Gasteiger partial charge is 0.271 e. The van der Waals surface area contributed by atoms with E-state index in [1.165, 1.54) is 0 Å². The van der Waals surface area contributed by atoms with Crippen molar-refractivity contribution in [2.75, 3.05) is 6.54 Å². The van der Waals surface area contributed by atoms with Crippen molar-refractivity contribution in [3.8, 4) is 0 Å². The number of urea groups is 1. The van der Waals surface area contributed by atoms with Crippen LogP contribution in [0.5, 0.6) is 0 Å². The zero-order valence-corrected chi connectivity index (χ0v) is 5.64. The molecule has 1 saturated heterocycles. The molecule has 0 atom stereocenters. The third-order valence-corrected chi connectivity index (χ3v) is 1.11. The topological polar surface area (TPSA) is 73.8 Å². The van der Waals surface area contributed by atoms with Crippen molar-refractivity contribution in [3.63, 3.8) is 0 Å². The standard InChI is InChI=1S/C3H4N4O2S/c8-2-1-4-6-7(2)3(9)5-10/h4,6H,1H2. The normalized spacial score (nSPS) is 17.6. The number of rotatable bonds is 0. The molecule has 1 rings (SSSR count). The van der Waals surface area contributed by atoms with Crippen LogP contribution in [0.3, 0.4) is 0 Å². The Hall–Kier alpha value is -0.920. The van der Waals surface area contributed by atoms with E-state index in [4.69, 9.17) is 0 Å². The fourth-order valence-electron chi connectivity index (χ4n) is 0.531. The van der Waals surface area contributed by atoms with Gasteiger partial charge in [-0.2, -0.15) is 10.5 Å². The van der Waals surface area contributed by atoms with Gasteiger partial charge in [-0.25, -0.2) is 10.2 Å². The molecule has 6 nitrogen and oxygen atoms in total. The maximum absolute atomic E-state index is 10.6. The second kappa shape index (κ2) is 2.78. The van der Waals surface area contributed by atoms with Gasteiger partial charge >= 0.3 is 6.03 Å². The van der Waals surface area contributed by atoms with E-state index in [0.717, 1.165) is 0 Å². The Bertz CT molecular complexity index is 193. The summed E-state index contributed by atoms with van der Waals surface area (Å²) >= 11 is 4.08. The number of hydrogen-bond donors (Lipinski definition) is 2. The van der Waals surface area contributed by atoms with Gasteiger partial charge in [0.2, 0.25) is 0 Å². The maximum Gasteiger partial charge on any atom is 0.377 e. The second-order valence-electron chi connectivity index (χ2n) is 1.57. The van der Waals surface area contributed by atoms with Crippen molar-refractivity contribution in [2.45, 2.75) is 0 Å². The van der Waals surface area contributed by atoms with Gasteiger partial charge in [0, 0.05) is 12.4 Å². The molecule has 0 bridgehead atoms. The number of hydrazine groups is 2. The number of imide groups is 1. The third kappa shape index (κ3) is 1.15. The number of hydrogen-bond acceptors (Lipinski definition) is 5. The molecule has 0 aromatic rings. The molecule has 0 aromatic carbocycles. The molecular formula is C3H4N4O2S. The molecule has 0 aromatic heterocycles. The average molecular weight is 160 g/mol. The number of carbonyl (C=O) groups is 2. The van der Waals surface area contributed by atoms with Gasteiger partial charge in [0.15, 0.2) is 0 Å². The largest absolute Gasteiger partial charge is 0.377 e. The molecule has 1 aliphatic rings. The Kier molecular flexibility index (Phi) is 2.00. The van der Waals surface area contributed by atoms with Crippen LogP contribution in [-0.4, -0.2) is 23.5 Å². The van der Waals surface area contributed by atoms with Gasteiger partial charge < -0.3 is 0 Å². The van der Waals surface area contributed by atoms with E-state index >= 15 is 0 Å². The lowest BCUT2D eigenvalue weighted by molar-refractivity contribution is -0.125. The van der Waals surface area contributed by atoms with Crippen LogP contribution in [0.1, 0.15) is 0 Å². The zero-order chi connectivity index (χ0) is 7.56. The maximum atomic E-state index is 10.6. The number of amides is 3. The fraction of sp³-hybridized carbons (Fsp3) is 0.333. The van der Waals surface area contributed by atoms with Crippen molar-refractivity contribution in [3.05, 3.63) is 0 Å². The predicted octanol–water partition coefficient (Wildman–Crippen LogP) is -1.31. The molecule has 0 saturated carbocycles. The quantitative estimate of drug-likeness (QED) is 0.460. The molecular weight excluding hydrogens is 156 g/mol. The van der Waals surface area contributed by atoms with Crippen LogP contribution in [-0.2, 0) is 17.2 Å². The lowest BCUT2D eigenvalue weighted by Gasteiger charge is -2.05. The minimum absolute atomic E-state index is 0.0800. The third-order valence-electron chi connectivity index (χ3n) is 0.949. The average Bonchev–Trinajstić information content (AvgIpc) is 2.34. The Balaban J connectivity index is 2.63. The Morgan fingerprint density at radius 2 is 2.50 bits per heavy atom. The van der Waals surface area contributed by atoms with Crippen LogP contribution in [0, 0.1) is 0 Å². The second-order valence-corrected chi connectivity index (χ2v) is 1.75. The highest BCUT2D eigenvalue weighted by Crippen LogP contribution is 1.92. The highest BCUT2D eigenvalue weighted by atomic mass is 32.1. The first-order valence-electron chi connectivity index (χ1n) is 2.44. The van der Waals surface area contributed by atoms with E-state index in [-0.39, 0.29) is 6.54 Å². The Morgan fingerprint density at radius 3 is 2.90 bits per heavy atom. The van der Waals surface area contributed by atoms with Crippen LogP contribution in [0.2, 0.25) is 0 Å². The number of carbonyl (C=O) groups excluding carboxylic acids is 2. The molecule has 0 radical (unpaired) electrons. The molecule has 1 fully saturated rings. The minimum atomic E-state index is -0.773. The van der Waals surface area contributed by atoms with E-state index in [2.05, 4.69) is 27.7 Å². The molecule has 54 valence electrons. The summed E-state index contributed by atoms with van der Waals surface area (Å²) in [5, 5.41) is 0.715. The van der Waals surface area contributed by atoms with Crippen LogP contribution < -0.4 is 11.0 Å². The van der Waals surface area contributed by atoms with E-state index in [0.29, 0.717) is 5.01 Å². The van der Waals surface area contributed by atoms with Crippen LogP contribution in [0.25, 0.3) is 0 Å². The summed E-state index contributed by atoms with van der Waals surface area (Å²) in [6.07, 6.45) is 0. The SMILES string of the molecule is O=C1CNNN1C(=O)N=S. The van der Waals surface area contributed by atoms with Gasteiger partial charge in [0.05, 0.1) is 6.54 Å². The summed E-state index contributed by atoms with van der Waals surface area (Å²) in [6.45, 7) is 0.0800. The summed E-state index contributed by atoms with van der Waals surface area (Å²) in [6, 6.07) is -0.773. The highest BCUT2D eigenvalue weighted by Gasteiger charge is 2.25. The lowest BCUT2D eigenvalue weighted by Crippen LogP contribution is -2.40. The monoisotopic (exact) mass is 160 g/mol. The molecule has 1 aliphatic heterocycles. The van der Waals surface area contributed by atoms with Crippen LogP contribution in [0.4, 0.5) is 4.79 Å². The molecule has 7 heteroatoms. The first kappa shape index (κ1) is 7.19. The summed E-state index contributed by atoms with van der Waals surface area (Å²) in [5.41, 5.74) is 4.72. The molecule has 0 aliphatic carbocycles. The van der Waals surface area contributed by atoms with Gasteiger partial charge in [0.25, 0.3) is 5.91 Å². The van der Waals surface area contributed by atoms with E-state index in [1.54, 1.807) is 0 Å². The molecule has 2 N–H and O–H groups in total. The van der Waals surface area contributed by atoms with E-state index < -0.39 is 11.9 Å². The van der Waals surface area contributed by atoms with Gasteiger partial charge in [-0.15, -0.1) is 4.36 Å². The van der Waals surface area contributed by atoms with Gasteiger partial charge in [-0.05, 0) is 0 Å². The lowest BCUT2D eigenvalue weighted by atomic mass is 10.6. The molecule has 0 unspecified atom stereocenters. The van der Waals surface area contributed by atoms with Crippen molar-refractivity contribution < 1.29 is 9.59 Å². The highest BCUT2D eigenvalue weighted by molar-refractivity contribution is 7.47. The summed E-state index contributed by atoms with van der Waals surface area (Å²) < 4.78 is 2.87. The van der Waals surface area contributed by atoms with Gasteiger partial charge in [0.1, 0.15) is 0 Å². The summed E-state index contributed by atoms with van der Waals surface area (Å²) in [4.78, 5) is 21.2. The Labute approximate surface area is 61.7 Å². The Morgan fingerprint density at radius 1 is 1.80 bits per heavy atom. The van der Waals surface area contributed by atoms with Crippen LogP contribution in [0.15, 0.2) is 4.36 Å². The van der Waals surface area contributed by atoms with E-state index in [9.17, 15) is 9.59 Å². The predicted molar refractivity (Wildman–Crippen MR) is 33.2 cm³/mol. The number of nitrogens with one attached hydrogen (secondary N) is 2. The molecule has 0 spiro atoms. The number of nitrogens with zero attached hydrogens (tertiary/aromatic N) is 2. The van der Waals surface area contributed by atoms with Crippen molar-refractivity contribution in [1.29, 1.82) is 0 Å². The van der Waals surface area contributed by atoms with Gasteiger partial charge in [-0.1, -0.05) is 0 Å². The van der Waals surface area contributed by atoms with Gasteiger partial charge in [-0.3, -0.25) is 4.79 Å². The summed E-state index contributed by atoms with van der Waals surface area (Å²) in [7, 11) is 0. The van der Waals surface area contributed by atoms with Crippen molar-refractivity contribution >= 4 is 24.4 Å². The first-order valence-corrected chi connectivity index (χ1v) is 2.81.